The van der Waals surface area contributed by atoms with E-state index < -0.39 is 17.6 Å². The minimum absolute atomic E-state index is 0.00260. The molecule has 3 rings (SSSR count). The zero-order valence-corrected chi connectivity index (χ0v) is 16.9. The smallest absolute Gasteiger partial charge is 0.417 e. The summed E-state index contributed by atoms with van der Waals surface area (Å²) < 4.78 is 43.0. The van der Waals surface area contributed by atoms with Crippen LogP contribution in [-0.4, -0.2) is 28.7 Å². The first-order valence-electron chi connectivity index (χ1n) is 8.81. The Bertz CT molecular complexity index is 1130. The quantitative estimate of drug-likeness (QED) is 0.551. The fourth-order valence-electron chi connectivity index (χ4n) is 2.53. The van der Waals surface area contributed by atoms with E-state index in [0.717, 1.165) is 29.5 Å². The predicted octanol–water partition coefficient (Wildman–Crippen LogP) is 4.77. The summed E-state index contributed by atoms with van der Waals surface area (Å²) in [5, 5.41) is 12.1. The molecule has 2 aromatic heterocycles. The first kappa shape index (κ1) is 22.1. The van der Waals surface area contributed by atoms with Gasteiger partial charge >= 0.3 is 6.18 Å². The lowest BCUT2D eigenvalue weighted by Gasteiger charge is -2.09. The second kappa shape index (κ2) is 9.49. The average molecular weight is 444 g/mol. The van der Waals surface area contributed by atoms with E-state index in [4.69, 9.17) is 4.74 Å². The number of ether oxygens (including phenoxy) is 1. The molecule has 0 spiro atoms. The van der Waals surface area contributed by atoms with Gasteiger partial charge in [0.25, 0.3) is 0 Å². The van der Waals surface area contributed by atoms with Crippen molar-refractivity contribution in [3.05, 3.63) is 65.9 Å². The molecule has 1 aromatic carbocycles. The number of nitrogens with one attached hydrogen (secondary N) is 1. The predicted molar refractivity (Wildman–Crippen MR) is 110 cm³/mol. The largest absolute Gasteiger partial charge is 0.497 e. The third kappa shape index (κ3) is 5.73. The highest BCUT2D eigenvalue weighted by Crippen LogP contribution is 2.29. The molecule has 0 bridgehead atoms. The Morgan fingerprint density at radius 3 is 2.68 bits per heavy atom. The van der Waals surface area contributed by atoms with Gasteiger partial charge in [-0.1, -0.05) is 23.9 Å². The number of aromatic nitrogens is 2. The van der Waals surface area contributed by atoms with Crippen molar-refractivity contribution in [2.24, 2.45) is 0 Å². The first-order valence-corrected chi connectivity index (χ1v) is 9.80. The number of alkyl halides is 3. The fourth-order valence-corrected chi connectivity index (χ4v) is 3.30. The van der Waals surface area contributed by atoms with E-state index in [1.807, 2.05) is 18.2 Å². The SMILES string of the molecule is COc1cccc(-c2ccc(C#N)c(SCC(=O)Nc3ccc(C(F)(F)F)cn3)n2)c1. The van der Waals surface area contributed by atoms with Gasteiger partial charge in [-0.15, -0.1) is 0 Å². The summed E-state index contributed by atoms with van der Waals surface area (Å²) in [5.74, 6) is 0.0552. The molecule has 0 unspecified atom stereocenters. The number of nitriles is 1. The highest BCUT2D eigenvalue weighted by molar-refractivity contribution is 8.00. The van der Waals surface area contributed by atoms with Crippen LogP contribution in [-0.2, 0) is 11.0 Å². The number of benzene rings is 1. The van der Waals surface area contributed by atoms with Gasteiger partial charge < -0.3 is 10.1 Å². The number of halogens is 3. The number of nitrogens with zero attached hydrogens (tertiary/aromatic N) is 3. The van der Waals surface area contributed by atoms with Gasteiger partial charge in [0.2, 0.25) is 5.91 Å². The maximum atomic E-state index is 12.6. The minimum Gasteiger partial charge on any atom is -0.497 e. The van der Waals surface area contributed by atoms with Crippen molar-refractivity contribution in [2.75, 3.05) is 18.2 Å². The molecule has 0 atom stereocenters. The average Bonchev–Trinajstić information content (AvgIpc) is 2.77. The van der Waals surface area contributed by atoms with E-state index in [0.29, 0.717) is 28.2 Å². The van der Waals surface area contributed by atoms with Gasteiger partial charge in [-0.3, -0.25) is 4.79 Å². The highest BCUT2D eigenvalue weighted by Gasteiger charge is 2.30. The lowest BCUT2D eigenvalue weighted by atomic mass is 10.1. The molecule has 31 heavy (non-hydrogen) atoms. The number of amides is 1. The Kier molecular flexibility index (Phi) is 6.77. The van der Waals surface area contributed by atoms with E-state index in [-0.39, 0.29) is 11.6 Å². The van der Waals surface area contributed by atoms with Crippen LogP contribution in [0.5, 0.6) is 5.75 Å². The second-order valence-corrected chi connectivity index (χ2v) is 7.12. The number of carbonyl (C=O) groups excluding carboxylic acids is 1. The van der Waals surface area contributed by atoms with Gasteiger partial charge in [0.15, 0.2) is 0 Å². The third-order valence-electron chi connectivity index (χ3n) is 4.04. The molecule has 0 radical (unpaired) electrons. The number of rotatable bonds is 6. The van der Waals surface area contributed by atoms with Crippen LogP contribution in [0.2, 0.25) is 0 Å². The minimum atomic E-state index is -4.50. The molecule has 0 fully saturated rings. The Balaban J connectivity index is 1.70. The van der Waals surface area contributed by atoms with E-state index in [1.54, 1.807) is 31.4 Å². The van der Waals surface area contributed by atoms with Crippen molar-refractivity contribution in [3.8, 4) is 23.1 Å². The van der Waals surface area contributed by atoms with Gasteiger partial charge in [-0.2, -0.15) is 18.4 Å². The maximum absolute atomic E-state index is 12.6. The molecule has 0 saturated heterocycles. The van der Waals surface area contributed by atoms with Crippen molar-refractivity contribution in [1.82, 2.24) is 9.97 Å². The molecule has 3 aromatic rings. The summed E-state index contributed by atoms with van der Waals surface area (Å²) in [7, 11) is 1.55. The van der Waals surface area contributed by atoms with Crippen LogP contribution in [0.15, 0.2) is 59.8 Å². The number of anilines is 1. The molecular formula is C21H15F3N4O2S. The summed E-state index contributed by atoms with van der Waals surface area (Å²) in [6.45, 7) is 0. The standard InChI is InChI=1S/C21H15F3N4O2S/c1-30-16-4-2-3-13(9-16)17-7-5-14(10-25)20(27-17)31-12-19(29)28-18-8-6-15(11-26-18)21(22,23)24/h2-9,11H,12H2,1H3,(H,26,28,29). The van der Waals surface area contributed by atoms with Crippen molar-refractivity contribution in [1.29, 1.82) is 5.26 Å². The number of carbonyl (C=O) groups is 1. The normalized spacial score (nSPS) is 10.9. The number of hydrogen-bond acceptors (Lipinski definition) is 6. The number of methoxy groups -OCH3 is 1. The molecule has 2 heterocycles. The Morgan fingerprint density at radius 2 is 2.03 bits per heavy atom. The molecule has 1 N–H and O–H groups in total. The molecular weight excluding hydrogens is 429 g/mol. The van der Waals surface area contributed by atoms with Gasteiger partial charge in [0.05, 0.1) is 29.7 Å². The maximum Gasteiger partial charge on any atom is 0.417 e. The van der Waals surface area contributed by atoms with Crippen LogP contribution in [0.3, 0.4) is 0 Å². The van der Waals surface area contributed by atoms with Gasteiger partial charge in [0, 0.05) is 11.8 Å². The Labute approximate surface area is 180 Å². The van der Waals surface area contributed by atoms with E-state index in [1.165, 1.54) is 0 Å². The van der Waals surface area contributed by atoms with Crippen LogP contribution < -0.4 is 10.1 Å². The second-order valence-electron chi connectivity index (χ2n) is 6.16. The van der Waals surface area contributed by atoms with Gasteiger partial charge in [-0.25, -0.2) is 9.97 Å². The molecule has 0 aliphatic heterocycles. The number of hydrogen-bond donors (Lipinski definition) is 1. The molecule has 0 aliphatic carbocycles. The van der Waals surface area contributed by atoms with E-state index in [2.05, 4.69) is 15.3 Å². The molecule has 0 saturated carbocycles. The third-order valence-corrected chi connectivity index (χ3v) is 5.04. The summed E-state index contributed by atoms with van der Waals surface area (Å²) in [6.07, 6.45) is -3.85. The lowest BCUT2D eigenvalue weighted by Crippen LogP contribution is -2.16. The van der Waals surface area contributed by atoms with Crippen LogP contribution in [0.4, 0.5) is 19.0 Å². The molecule has 10 heteroatoms. The monoisotopic (exact) mass is 444 g/mol. The van der Waals surface area contributed by atoms with Crippen LogP contribution in [0.25, 0.3) is 11.3 Å². The van der Waals surface area contributed by atoms with Crippen molar-refractivity contribution in [2.45, 2.75) is 11.2 Å². The molecule has 6 nitrogen and oxygen atoms in total. The summed E-state index contributed by atoms with van der Waals surface area (Å²) in [4.78, 5) is 20.3. The molecule has 1 amide bonds. The van der Waals surface area contributed by atoms with Gasteiger partial charge in [0.1, 0.15) is 22.7 Å². The van der Waals surface area contributed by atoms with Crippen LogP contribution in [0.1, 0.15) is 11.1 Å². The first-order chi connectivity index (χ1) is 14.8. The lowest BCUT2D eigenvalue weighted by molar-refractivity contribution is -0.137. The van der Waals surface area contributed by atoms with Crippen molar-refractivity contribution < 1.29 is 22.7 Å². The number of pyridine rings is 2. The highest BCUT2D eigenvalue weighted by atomic mass is 32.2. The molecule has 158 valence electrons. The van der Waals surface area contributed by atoms with E-state index >= 15 is 0 Å². The van der Waals surface area contributed by atoms with Crippen molar-refractivity contribution >= 4 is 23.5 Å². The summed E-state index contributed by atoms with van der Waals surface area (Å²) in [6, 6.07) is 14.5. The Morgan fingerprint density at radius 1 is 1.23 bits per heavy atom. The van der Waals surface area contributed by atoms with Gasteiger partial charge in [-0.05, 0) is 36.4 Å². The summed E-state index contributed by atoms with van der Waals surface area (Å²) in [5.41, 5.74) is 0.781. The topological polar surface area (TPSA) is 87.9 Å². The zero-order chi connectivity index (χ0) is 22.4. The van der Waals surface area contributed by atoms with E-state index in [9.17, 15) is 23.2 Å². The zero-order valence-electron chi connectivity index (χ0n) is 16.1. The van der Waals surface area contributed by atoms with Crippen molar-refractivity contribution in [3.63, 3.8) is 0 Å². The fraction of sp³-hybridized carbons (Fsp3) is 0.143. The Hall–Kier alpha value is -3.58. The van der Waals surface area contributed by atoms with Crippen LogP contribution in [0, 0.1) is 11.3 Å². The van der Waals surface area contributed by atoms with Crippen LogP contribution >= 0.6 is 11.8 Å². The summed E-state index contributed by atoms with van der Waals surface area (Å²) >= 11 is 1.04. The molecule has 0 aliphatic rings. The number of thioether (sulfide) groups is 1.